The molecule has 3 aromatic rings. The molecule has 0 amide bonds. The van der Waals surface area contributed by atoms with Crippen LogP contribution in [0.2, 0.25) is 0 Å². The second kappa shape index (κ2) is 7.11. The molecule has 0 bridgehead atoms. The first kappa shape index (κ1) is 18.1. The van der Waals surface area contributed by atoms with E-state index < -0.39 is 0 Å². The van der Waals surface area contributed by atoms with Gasteiger partial charge in [0.05, 0.1) is 18.5 Å². The van der Waals surface area contributed by atoms with Crippen LogP contribution in [0, 0.1) is 6.92 Å². The fraction of sp³-hybridized carbons (Fsp3) is 0.429. The number of likely N-dealkylation sites (tertiary alicyclic amines) is 1. The van der Waals surface area contributed by atoms with Crippen molar-refractivity contribution in [3.05, 3.63) is 41.2 Å². The molecule has 8 heteroatoms. The molecule has 2 aliphatic heterocycles. The maximum absolute atomic E-state index is 6.23. The molecule has 0 aliphatic carbocycles. The summed E-state index contributed by atoms with van der Waals surface area (Å²) >= 11 is 0. The van der Waals surface area contributed by atoms with Crippen molar-refractivity contribution in [2.45, 2.75) is 32.2 Å². The zero-order chi connectivity index (χ0) is 20.0. The predicted molar refractivity (Wildman–Crippen MR) is 109 cm³/mol. The average Bonchev–Trinajstić information content (AvgIpc) is 3.33. The van der Waals surface area contributed by atoms with E-state index in [9.17, 15) is 0 Å². The maximum atomic E-state index is 6.23. The molecule has 0 saturated carbocycles. The van der Waals surface area contributed by atoms with Crippen molar-refractivity contribution in [2.24, 2.45) is 0 Å². The van der Waals surface area contributed by atoms with E-state index in [4.69, 9.17) is 24.9 Å². The summed E-state index contributed by atoms with van der Waals surface area (Å²) in [6, 6.07) is 8.02. The molecule has 0 radical (unpaired) electrons. The largest absolute Gasteiger partial charge is 0.493 e. The number of nitrogen functional groups attached to an aromatic ring is 1. The van der Waals surface area contributed by atoms with Crippen LogP contribution in [0.4, 0.5) is 5.82 Å². The van der Waals surface area contributed by atoms with Crippen LogP contribution in [0.1, 0.15) is 35.7 Å². The van der Waals surface area contributed by atoms with Gasteiger partial charge in [0.15, 0.2) is 17.1 Å². The average molecular weight is 395 g/mol. The first-order valence-corrected chi connectivity index (χ1v) is 9.92. The lowest BCUT2D eigenvalue weighted by atomic mass is 9.94. The summed E-state index contributed by atoms with van der Waals surface area (Å²) < 4.78 is 18.2. The van der Waals surface area contributed by atoms with Gasteiger partial charge in [0, 0.05) is 31.1 Å². The number of aryl methyl sites for hydroxylation is 1. The summed E-state index contributed by atoms with van der Waals surface area (Å²) in [6.07, 6.45) is 2.23. The molecule has 2 aromatic heterocycles. The molecule has 1 saturated heterocycles. The molecule has 1 aromatic carbocycles. The molecule has 5 rings (SSSR count). The van der Waals surface area contributed by atoms with Crippen LogP contribution in [0.3, 0.4) is 0 Å². The second-order valence-electron chi connectivity index (χ2n) is 7.77. The number of anilines is 1. The van der Waals surface area contributed by atoms with Crippen LogP contribution in [-0.4, -0.2) is 46.5 Å². The Hall–Kier alpha value is -3.00. The van der Waals surface area contributed by atoms with E-state index in [0.717, 1.165) is 66.6 Å². The third-order valence-electron chi connectivity index (χ3n) is 5.64. The molecule has 1 atom stereocenters. The standard InChI is InChI=1S/C21H25N5O3/c1-13-6-20-23-16(9-19(22)26(20)24-13)15-4-3-5-25(11-15)10-14-7-17(27-2)21-18(8-14)28-12-29-21/h6-9,15H,3-5,10-12,22H2,1-2H3. The molecule has 1 unspecified atom stereocenters. The summed E-state index contributed by atoms with van der Waals surface area (Å²) in [5.74, 6) is 3.15. The number of nitrogens with zero attached hydrogens (tertiary/aromatic N) is 4. The van der Waals surface area contributed by atoms with Gasteiger partial charge in [-0.1, -0.05) is 0 Å². The summed E-state index contributed by atoms with van der Waals surface area (Å²) in [6.45, 7) is 5.01. The van der Waals surface area contributed by atoms with E-state index in [0.29, 0.717) is 17.5 Å². The van der Waals surface area contributed by atoms with Crippen molar-refractivity contribution in [2.75, 3.05) is 32.7 Å². The van der Waals surface area contributed by atoms with Crippen LogP contribution in [-0.2, 0) is 6.54 Å². The number of aromatic nitrogens is 3. The number of fused-ring (bicyclic) bond motifs is 2. The highest BCUT2D eigenvalue weighted by Crippen LogP contribution is 2.42. The Labute approximate surface area is 169 Å². The van der Waals surface area contributed by atoms with Crippen LogP contribution in [0.15, 0.2) is 24.3 Å². The van der Waals surface area contributed by atoms with Crippen LogP contribution < -0.4 is 19.9 Å². The normalized spacial score (nSPS) is 19.0. The molecule has 29 heavy (non-hydrogen) atoms. The fourth-order valence-corrected chi connectivity index (χ4v) is 4.32. The first-order valence-electron chi connectivity index (χ1n) is 9.92. The zero-order valence-electron chi connectivity index (χ0n) is 16.7. The van der Waals surface area contributed by atoms with E-state index in [1.807, 2.05) is 31.2 Å². The highest BCUT2D eigenvalue weighted by Gasteiger charge is 2.25. The number of rotatable bonds is 4. The minimum absolute atomic E-state index is 0.241. The van der Waals surface area contributed by atoms with Gasteiger partial charge < -0.3 is 19.9 Å². The highest BCUT2D eigenvalue weighted by molar-refractivity contribution is 5.55. The third-order valence-corrected chi connectivity index (χ3v) is 5.64. The van der Waals surface area contributed by atoms with Crippen LogP contribution >= 0.6 is 0 Å². The Morgan fingerprint density at radius 1 is 1.24 bits per heavy atom. The Morgan fingerprint density at radius 2 is 2.14 bits per heavy atom. The zero-order valence-corrected chi connectivity index (χ0v) is 16.7. The molecule has 2 aliphatic rings. The van der Waals surface area contributed by atoms with E-state index in [1.54, 1.807) is 11.6 Å². The van der Waals surface area contributed by atoms with Crippen molar-refractivity contribution in [3.63, 3.8) is 0 Å². The van der Waals surface area contributed by atoms with Crippen molar-refractivity contribution >= 4 is 11.5 Å². The van der Waals surface area contributed by atoms with Gasteiger partial charge >= 0.3 is 0 Å². The highest BCUT2D eigenvalue weighted by atomic mass is 16.7. The topological polar surface area (TPSA) is 87.1 Å². The molecular weight excluding hydrogens is 370 g/mol. The number of hydrogen-bond donors (Lipinski definition) is 1. The van der Waals surface area contributed by atoms with Crippen molar-refractivity contribution in [1.29, 1.82) is 0 Å². The number of ether oxygens (including phenoxy) is 3. The number of nitrogens with two attached hydrogens (primary N) is 1. The number of benzene rings is 1. The van der Waals surface area contributed by atoms with Gasteiger partial charge in [0.2, 0.25) is 12.5 Å². The van der Waals surface area contributed by atoms with Gasteiger partial charge in [-0.3, -0.25) is 4.90 Å². The number of hydrogen-bond acceptors (Lipinski definition) is 7. The fourth-order valence-electron chi connectivity index (χ4n) is 4.32. The number of piperidine rings is 1. The Bertz CT molecular complexity index is 1060. The van der Waals surface area contributed by atoms with Crippen LogP contribution in [0.5, 0.6) is 17.2 Å². The van der Waals surface area contributed by atoms with Gasteiger partial charge in [0.1, 0.15) is 5.82 Å². The SMILES string of the molecule is COc1cc(CN2CCCC(c3cc(N)n4nc(C)cc4n3)C2)cc2c1OCO2. The van der Waals surface area contributed by atoms with Crippen molar-refractivity contribution in [3.8, 4) is 17.2 Å². The maximum Gasteiger partial charge on any atom is 0.231 e. The van der Waals surface area contributed by atoms with E-state index >= 15 is 0 Å². The molecular formula is C21H25N5O3. The monoisotopic (exact) mass is 395 g/mol. The summed E-state index contributed by atoms with van der Waals surface area (Å²) in [4.78, 5) is 7.29. The van der Waals surface area contributed by atoms with E-state index in [2.05, 4.69) is 10.00 Å². The molecule has 4 heterocycles. The van der Waals surface area contributed by atoms with E-state index in [1.165, 1.54) is 0 Å². The quantitative estimate of drug-likeness (QED) is 0.727. The minimum Gasteiger partial charge on any atom is -0.493 e. The first-order chi connectivity index (χ1) is 14.1. The predicted octanol–water partition coefficient (Wildman–Crippen LogP) is 2.74. The summed E-state index contributed by atoms with van der Waals surface area (Å²) in [5.41, 5.74) is 10.2. The Balaban J connectivity index is 1.36. The summed E-state index contributed by atoms with van der Waals surface area (Å²) in [5, 5.41) is 4.40. The Morgan fingerprint density at radius 3 is 3.00 bits per heavy atom. The molecule has 1 fully saturated rings. The van der Waals surface area contributed by atoms with Gasteiger partial charge in [-0.15, -0.1) is 0 Å². The molecule has 8 nitrogen and oxygen atoms in total. The Kier molecular flexibility index (Phi) is 4.43. The van der Waals surface area contributed by atoms with Gasteiger partial charge in [-0.25, -0.2) is 4.98 Å². The van der Waals surface area contributed by atoms with Gasteiger partial charge in [-0.05, 0) is 44.0 Å². The van der Waals surface area contributed by atoms with Crippen LogP contribution in [0.25, 0.3) is 5.65 Å². The van der Waals surface area contributed by atoms with Crippen molar-refractivity contribution in [1.82, 2.24) is 19.5 Å². The van der Waals surface area contributed by atoms with E-state index in [-0.39, 0.29) is 6.79 Å². The lowest BCUT2D eigenvalue weighted by Crippen LogP contribution is -2.34. The lowest BCUT2D eigenvalue weighted by Gasteiger charge is -2.32. The third kappa shape index (κ3) is 3.33. The van der Waals surface area contributed by atoms with Crippen molar-refractivity contribution < 1.29 is 14.2 Å². The molecule has 2 N–H and O–H groups in total. The van der Waals surface area contributed by atoms with Gasteiger partial charge in [0.25, 0.3) is 0 Å². The van der Waals surface area contributed by atoms with Gasteiger partial charge in [-0.2, -0.15) is 9.61 Å². The molecule has 152 valence electrons. The minimum atomic E-state index is 0.241. The smallest absolute Gasteiger partial charge is 0.231 e. The summed E-state index contributed by atoms with van der Waals surface area (Å²) in [7, 11) is 1.66. The molecule has 0 spiro atoms. The second-order valence-corrected chi connectivity index (χ2v) is 7.77. The lowest BCUT2D eigenvalue weighted by molar-refractivity contribution is 0.171. The number of methoxy groups -OCH3 is 1.